The molecule has 1 aromatic heterocycles. The third-order valence-electron chi connectivity index (χ3n) is 3.62. The third-order valence-corrected chi connectivity index (χ3v) is 6.72. The van der Waals surface area contributed by atoms with Crippen LogP contribution in [0, 0.1) is 13.8 Å². The zero-order valence-corrected chi connectivity index (χ0v) is 13.9. The lowest BCUT2D eigenvalue weighted by molar-refractivity contribution is 0.0691. The van der Waals surface area contributed by atoms with Gasteiger partial charge >= 0.3 is 5.97 Å². The smallest absolute Gasteiger partial charge is 0.340 e. The number of thioether (sulfide) groups is 1. The van der Waals surface area contributed by atoms with Crippen molar-refractivity contribution in [2.45, 2.75) is 43.3 Å². The van der Waals surface area contributed by atoms with E-state index in [0.717, 1.165) is 18.6 Å². The largest absolute Gasteiger partial charge is 0.478 e. The van der Waals surface area contributed by atoms with Crippen LogP contribution in [0.2, 0.25) is 0 Å². The van der Waals surface area contributed by atoms with Crippen LogP contribution in [-0.2, 0) is 10.0 Å². The number of furan rings is 1. The molecule has 8 heteroatoms. The summed E-state index contributed by atoms with van der Waals surface area (Å²) < 4.78 is 32.5. The summed E-state index contributed by atoms with van der Waals surface area (Å²) in [7, 11) is -3.91. The number of hydrogen-bond donors (Lipinski definition) is 2. The summed E-state index contributed by atoms with van der Waals surface area (Å²) in [6.45, 7) is 5.20. The highest BCUT2D eigenvalue weighted by Crippen LogP contribution is 2.37. The van der Waals surface area contributed by atoms with E-state index in [1.54, 1.807) is 11.8 Å². The van der Waals surface area contributed by atoms with Crippen molar-refractivity contribution < 1.29 is 22.7 Å². The number of carboxylic acid groups (broad SMARTS) is 1. The van der Waals surface area contributed by atoms with Gasteiger partial charge in [0.2, 0.25) is 10.0 Å². The van der Waals surface area contributed by atoms with Crippen LogP contribution in [-0.4, -0.2) is 36.5 Å². The first-order chi connectivity index (χ1) is 9.66. The van der Waals surface area contributed by atoms with Crippen LogP contribution in [0.15, 0.2) is 9.31 Å². The molecule has 0 aliphatic carbocycles. The summed E-state index contributed by atoms with van der Waals surface area (Å²) in [5.74, 6) is -0.0859. The summed E-state index contributed by atoms with van der Waals surface area (Å²) in [5, 5.41) is 9.20. The predicted octanol–water partition coefficient (Wildman–Crippen LogP) is 2.16. The van der Waals surface area contributed by atoms with Crippen LogP contribution >= 0.6 is 11.8 Å². The average molecular weight is 333 g/mol. The minimum absolute atomic E-state index is 0.0987. The summed E-state index contributed by atoms with van der Waals surface area (Å²) in [6, 6.07) is 0. The van der Waals surface area contributed by atoms with E-state index in [1.165, 1.54) is 13.8 Å². The van der Waals surface area contributed by atoms with Gasteiger partial charge in [0.15, 0.2) is 0 Å². The molecule has 2 N–H and O–H groups in total. The summed E-state index contributed by atoms with van der Waals surface area (Å²) in [6.07, 6.45) is 2.00. The molecule has 118 valence electrons. The maximum absolute atomic E-state index is 12.4. The van der Waals surface area contributed by atoms with E-state index in [-0.39, 0.29) is 33.3 Å². The molecule has 0 radical (unpaired) electrons. The Morgan fingerprint density at radius 3 is 2.62 bits per heavy atom. The summed E-state index contributed by atoms with van der Waals surface area (Å²) in [5.41, 5.74) is -0.288. The number of carbonyl (C=O) groups is 1. The molecule has 1 unspecified atom stereocenters. The quantitative estimate of drug-likeness (QED) is 0.857. The summed E-state index contributed by atoms with van der Waals surface area (Å²) >= 11 is 1.73. The topological polar surface area (TPSA) is 96.6 Å². The van der Waals surface area contributed by atoms with Crippen molar-refractivity contribution in [1.29, 1.82) is 0 Å². The van der Waals surface area contributed by atoms with Gasteiger partial charge in [0.1, 0.15) is 22.0 Å². The standard InChI is InChI=1S/C13H19NO5S2/c1-8-10(12(15)16)11(9(2)19-8)21(17,18)14-7-13(3)5-4-6-20-13/h14H,4-7H2,1-3H3,(H,15,16). The van der Waals surface area contributed by atoms with Crippen molar-refractivity contribution in [3.63, 3.8) is 0 Å². The molecular formula is C13H19NO5S2. The molecule has 21 heavy (non-hydrogen) atoms. The fourth-order valence-electron chi connectivity index (χ4n) is 2.53. The average Bonchev–Trinajstić information content (AvgIpc) is 2.92. The highest BCUT2D eigenvalue weighted by molar-refractivity contribution is 8.01. The van der Waals surface area contributed by atoms with Crippen molar-refractivity contribution in [3.8, 4) is 0 Å². The lowest BCUT2D eigenvalue weighted by Crippen LogP contribution is -2.37. The van der Waals surface area contributed by atoms with E-state index in [4.69, 9.17) is 4.42 Å². The van der Waals surface area contributed by atoms with Crippen LogP contribution < -0.4 is 4.72 Å². The van der Waals surface area contributed by atoms with E-state index < -0.39 is 16.0 Å². The maximum atomic E-state index is 12.4. The Hall–Kier alpha value is -0.990. The van der Waals surface area contributed by atoms with Crippen LogP contribution in [0.25, 0.3) is 0 Å². The third kappa shape index (κ3) is 3.27. The molecule has 0 saturated carbocycles. The lowest BCUT2D eigenvalue weighted by atomic mass is 10.1. The first-order valence-electron chi connectivity index (χ1n) is 6.63. The molecular weight excluding hydrogens is 314 g/mol. The minimum Gasteiger partial charge on any atom is -0.478 e. The monoisotopic (exact) mass is 333 g/mol. The fraction of sp³-hybridized carbons (Fsp3) is 0.615. The predicted molar refractivity (Wildman–Crippen MR) is 80.4 cm³/mol. The second-order valence-corrected chi connectivity index (χ2v) is 8.84. The zero-order valence-electron chi connectivity index (χ0n) is 12.2. The highest BCUT2D eigenvalue weighted by Gasteiger charge is 2.34. The molecule has 0 spiro atoms. The number of aryl methyl sites for hydroxylation is 2. The second kappa shape index (κ2) is 5.66. The fourth-order valence-corrected chi connectivity index (χ4v) is 5.44. The lowest BCUT2D eigenvalue weighted by Gasteiger charge is -2.22. The van der Waals surface area contributed by atoms with Gasteiger partial charge in [0.05, 0.1) is 0 Å². The molecule has 1 saturated heterocycles. The number of sulfonamides is 1. The van der Waals surface area contributed by atoms with Gasteiger partial charge in [0.25, 0.3) is 0 Å². The van der Waals surface area contributed by atoms with E-state index in [1.807, 2.05) is 6.92 Å². The van der Waals surface area contributed by atoms with Crippen molar-refractivity contribution in [2.75, 3.05) is 12.3 Å². The van der Waals surface area contributed by atoms with Gasteiger partial charge in [-0.15, -0.1) is 0 Å². The first-order valence-corrected chi connectivity index (χ1v) is 9.10. The molecule has 1 aliphatic rings. The van der Waals surface area contributed by atoms with Gasteiger partial charge in [-0.3, -0.25) is 0 Å². The van der Waals surface area contributed by atoms with Gasteiger partial charge in [-0.1, -0.05) is 0 Å². The second-order valence-electron chi connectivity index (χ2n) is 5.45. The molecule has 6 nitrogen and oxygen atoms in total. The molecule has 2 heterocycles. The number of hydrogen-bond acceptors (Lipinski definition) is 5. The number of rotatable bonds is 5. The van der Waals surface area contributed by atoms with Crippen LogP contribution in [0.5, 0.6) is 0 Å². The van der Waals surface area contributed by atoms with Crippen LogP contribution in [0.3, 0.4) is 0 Å². The van der Waals surface area contributed by atoms with Gasteiger partial charge in [-0.05, 0) is 39.4 Å². The van der Waals surface area contributed by atoms with Gasteiger partial charge < -0.3 is 9.52 Å². The molecule has 2 rings (SSSR count). The molecule has 0 amide bonds. The van der Waals surface area contributed by atoms with E-state index >= 15 is 0 Å². The molecule has 1 fully saturated rings. The van der Waals surface area contributed by atoms with Crippen molar-refractivity contribution >= 4 is 27.8 Å². The van der Waals surface area contributed by atoms with Crippen molar-refractivity contribution in [1.82, 2.24) is 4.72 Å². The minimum atomic E-state index is -3.91. The number of nitrogens with one attached hydrogen (secondary N) is 1. The maximum Gasteiger partial charge on any atom is 0.340 e. The molecule has 0 bridgehead atoms. The van der Waals surface area contributed by atoms with Gasteiger partial charge in [0, 0.05) is 11.3 Å². The zero-order chi connectivity index (χ0) is 15.8. The Kier molecular flexibility index (Phi) is 4.41. The molecule has 1 aromatic rings. The van der Waals surface area contributed by atoms with E-state index in [0.29, 0.717) is 0 Å². The SMILES string of the molecule is Cc1oc(C)c(S(=O)(=O)NCC2(C)CCCS2)c1C(=O)O. The summed E-state index contributed by atoms with van der Waals surface area (Å²) in [4.78, 5) is 11.0. The molecule has 0 aromatic carbocycles. The van der Waals surface area contributed by atoms with Gasteiger partial charge in [-0.2, -0.15) is 11.8 Å². The van der Waals surface area contributed by atoms with Crippen molar-refractivity contribution in [2.24, 2.45) is 0 Å². The first kappa shape index (κ1) is 16.4. The number of carboxylic acids is 1. The Morgan fingerprint density at radius 1 is 1.43 bits per heavy atom. The Labute approximate surface area is 128 Å². The Balaban J connectivity index is 2.30. The van der Waals surface area contributed by atoms with Gasteiger partial charge in [-0.25, -0.2) is 17.9 Å². The highest BCUT2D eigenvalue weighted by atomic mass is 32.2. The Morgan fingerprint density at radius 2 is 2.10 bits per heavy atom. The normalized spacial score (nSPS) is 22.6. The number of aromatic carboxylic acids is 1. The van der Waals surface area contributed by atoms with E-state index in [9.17, 15) is 18.3 Å². The Bertz CT molecular complexity index is 656. The van der Waals surface area contributed by atoms with Crippen LogP contribution in [0.1, 0.15) is 41.6 Å². The molecule has 1 aliphatic heterocycles. The van der Waals surface area contributed by atoms with E-state index in [2.05, 4.69) is 4.72 Å². The van der Waals surface area contributed by atoms with Crippen LogP contribution in [0.4, 0.5) is 0 Å². The van der Waals surface area contributed by atoms with Crippen molar-refractivity contribution in [3.05, 3.63) is 17.1 Å². The molecule has 1 atom stereocenters.